The maximum atomic E-state index is 3.24. The topological polar surface area (TPSA) is 0 Å². The van der Waals surface area contributed by atoms with Crippen molar-refractivity contribution in [1.29, 1.82) is 0 Å². The fraction of sp³-hybridized carbons (Fsp3) is 1.00. The number of hydrogen-bond donors (Lipinski definition) is 0. The molecule has 0 aliphatic heterocycles. The molecule has 0 radical (unpaired) electrons. The van der Waals surface area contributed by atoms with Crippen molar-refractivity contribution < 1.29 is 18.3 Å². The van der Waals surface area contributed by atoms with Crippen LogP contribution in [0.2, 0.25) is 0 Å². The van der Waals surface area contributed by atoms with Gasteiger partial charge in [0.2, 0.25) is 0 Å². The molecule has 0 nitrogen and oxygen atoms in total. The van der Waals surface area contributed by atoms with E-state index in [2.05, 4.69) is 59.8 Å². The molecule has 0 aromatic carbocycles. The Kier molecular flexibility index (Phi) is 7.73. The molecule has 0 fully saturated rings. The van der Waals surface area contributed by atoms with Crippen LogP contribution in [0.5, 0.6) is 0 Å². The van der Waals surface area contributed by atoms with E-state index < -0.39 is 0 Å². The van der Waals surface area contributed by atoms with Crippen molar-refractivity contribution >= 4 is 17.2 Å². The van der Waals surface area contributed by atoms with E-state index in [1.165, 1.54) is 18.5 Å². The van der Waals surface area contributed by atoms with E-state index in [1.807, 2.05) is 0 Å². The van der Waals surface area contributed by atoms with Crippen LogP contribution in [-0.2, 0) is 18.3 Å². The summed E-state index contributed by atoms with van der Waals surface area (Å²) in [7, 11) is 2.25. The van der Waals surface area contributed by atoms with Crippen molar-refractivity contribution in [2.45, 2.75) is 45.8 Å². The summed E-state index contributed by atoms with van der Waals surface area (Å²) in [5, 5.41) is 0. The van der Waals surface area contributed by atoms with Crippen LogP contribution in [-0.4, -0.2) is 22.7 Å². The zero-order chi connectivity index (χ0) is 12.1. The van der Waals surface area contributed by atoms with E-state index in [0.717, 1.165) is 21.4 Å². The fourth-order valence-electron chi connectivity index (χ4n) is 1.05. The van der Waals surface area contributed by atoms with Gasteiger partial charge in [-0.2, -0.15) is 0 Å². The van der Waals surface area contributed by atoms with Gasteiger partial charge in [0.1, 0.15) is 0 Å². The maximum absolute atomic E-state index is 3.24. The molecule has 3 unspecified atom stereocenters. The third-order valence-corrected chi connectivity index (χ3v) is 8.06. The molecule has 0 amide bonds. The summed E-state index contributed by atoms with van der Waals surface area (Å²) in [6, 6.07) is 0. The van der Waals surface area contributed by atoms with Gasteiger partial charge in [0.25, 0.3) is 0 Å². The van der Waals surface area contributed by atoms with E-state index in [-0.39, 0.29) is 0 Å². The first-order valence-corrected chi connectivity index (χ1v) is 9.30. The van der Waals surface area contributed by atoms with Crippen molar-refractivity contribution in [3.05, 3.63) is 0 Å². The fourth-order valence-corrected chi connectivity index (χ4v) is 5.23. The molecule has 0 bridgehead atoms. The molecule has 0 aromatic rings. The summed E-state index contributed by atoms with van der Waals surface area (Å²) in [6.07, 6.45) is 4.15. The molecule has 94 valence electrons. The van der Waals surface area contributed by atoms with Crippen LogP contribution in [0.4, 0.5) is 0 Å². The Balaban J connectivity index is 3.54. The monoisotopic (exact) mass is 336 g/mol. The Morgan fingerprint density at radius 1 is 0.933 bits per heavy atom. The molecule has 0 aromatic heterocycles. The second kappa shape index (κ2) is 7.04. The van der Waals surface area contributed by atoms with Crippen LogP contribution in [0.3, 0.4) is 0 Å². The normalized spacial score (nSPS) is 17.1. The first-order valence-electron chi connectivity index (χ1n) is 5.66. The van der Waals surface area contributed by atoms with Crippen molar-refractivity contribution in [3.8, 4) is 0 Å². The predicted octanol–water partition coefficient (Wildman–Crippen LogP) is 4.31. The molecule has 0 rings (SSSR count). The van der Waals surface area contributed by atoms with Gasteiger partial charge in [-0.1, -0.05) is 0 Å². The Labute approximate surface area is 110 Å². The number of hydrogen-bond acceptors (Lipinski definition) is 0. The second-order valence-electron chi connectivity index (χ2n) is 6.57. The predicted molar refractivity (Wildman–Crippen MR) is 73.9 cm³/mol. The molecule has 0 aliphatic carbocycles. The van der Waals surface area contributed by atoms with E-state index in [1.54, 1.807) is 0 Å². The van der Waals surface area contributed by atoms with Crippen molar-refractivity contribution in [2.24, 2.45) is 10.8 Å². The quantitative estimate of drug-likeness (QED) is 0.518. The van der Waals surface area contributed by atoms with Gasteiger partial charge in [-0.05, 0) is 0 Å². The molecule has 15 heavy (non-hydrogen) atoms. The van der Waals surface area contributed by atoms with Crippen LogP contribution in [0.25, 0.3) is 0 Å². The minimum absolute atomic E-state index is 0.510. The van der Waals surface area contributed by atoms with Gasteiger partial charge in [0.05, 0.1) is 0 Å². The van der Waals surface area contributed by atoms with Crippen LogP contribution < -0.4 is 0 Å². The molecule has 3 heteroatoms. The SMILES string of the molecule is CC(C)(C)CPC[CH]([Rh])PCC(C)(C)C. The Morgan fingerprint density at radius 3 is 1.80 bits per heavy atom. The third kappa shape index (κ3) is 13.4. The zero-order valence-corrected chi connectivity index (χ0v) is 14.7. The Morgan fingerprint density at radius 2 is 1.40 bits per heavy atom. The summed E-state index contributed by atoms with van der Waals surface area (Å²) in [4.78, 5) is 0. The molecular weight excluding hydrogens is 309 g/mol. The minimum atomic E-state index is 0.510. The first-order chi connectivity index (χ1) is 6.60. The van der Waals surface area contributed by atoms with Gasteiger partial charge < -0.3 is 0 Å². The van der Waals surface area contributed by atoms with Crippen LogP contribution >= 0.6 is 17.2 Å². The van der Waals surface area contributed by atoms with Gasteiger partial charge in [-0.3, -0.25) is 0 Å². The van der Waals surface area contributed by atoms with Gasteiger partial charge >= 0.3 is 111 Å². The van der Waals surface area contributed by atoms with Gasteiger partial charge in [-0.15, -0.1) is 0 Å². The molecule has 0 aliphatic rings. The number of rotatable bonds is 5. The molecular formula is C12H27P2Rh. The van der Waals surface area contributed by atoms with E-state index >= 15 is 0 Å². The molecule has 0 spiro atoms. The molecule has 0 N–H and O–H groups in total. The van der Waals surface area contributed by atoms with Crippen LogP contribution in [0.15, 0.2) is 0 Å². The average Bonchev–Trinajstić information content (AvgIpc) is 1.97. The van der Waals surface area contributed by atoms with Gasteiger partial charge in [0, 0.05) is 0 Å². The molecule has 0 saturated carbocycles. The third-order valence-electron chi connectivity index (χ3n) is 1.81. The summed E-state index contributed by atoms with van der Waals surface area (Å²) in [6.45, 7) is 14.0. The summed E-state index contributed by atoms with van der Waals surface area (Å²) in [5.74, 6) is 0. The standard InChI is InChI=1S/C12H27P2.Rh/c1-11(2,3)9-13-7-8-14-10-12(4,5)6;/h7,13-14H,8-10H2,1-6H3;. The van der Waals surface area contributed by atoms with Crippen molar-refractivity contribution in [2.75, 3.05) is 18.5 Å². The van der Waals surface area contributed by atoms with Crippen LogP contribution in [0.1, 0.15) is 41.5 Å². The molecule has 0 saturated heterocycles. The van der Waals surface area contributed by atoms with E-state index in [9.17, 15) is 0 Å². The average molecular weight is 336 g/mol. The van der Waals surface area contributed by atoms with E-state index in [4.69, 9.17) is 0 Å². The van der Waals surface area contributed by atoms with E-state index in [0.29, 0.717) is 10.8 Å². The molecule has 0 heterocycles. The summed E-state index contributed by atoms with van der Waals surface area (Å²) in [5.41, 5.74) is 1.03. The van der Waals surface area contributed by atoms with Crippen LogP contribution in [0, 0.1) is 10.8 Å². The summed E-state index contributed by atoms with van der Waals surface area (Å²) >= 11 is 3.24. The van der Waals surface area contributed by atoms with Crippen molar-refractivity contribution in [1.82, 2.24) is 0 Å². The van der Waals surface area contributed by atoms with Gasteiger partial charge in [0.15, 0.2) is 0 Å². The van der Waals surface area contributed by atoms with Gasteiger partial charge in [-0.25, -0.2) is 0 Å². The molecule has 3 atom stereocenters. The Hall–Kier alpha value is 1.48. The first kappa shape index (κ1) is 16.5. The second-order valence-corrected chi connectivity index (χ2v) is 11.3. The zero-order valence-electron chi connectivity index (χ0n) is 11.0. The van der Waals surface area contributed by atoms with Crippen molar-refractivity contribution in [3.63, 3.8) is 0 Å². The summed E-state index contributed by atoms with van der Waals surface area (Å²) < 4.78 is 0.839. The Bertz CT molecular complexity index is 167.